The molecule has 134 valence electrons. The van der Waals surface area contributed by atoms with Gasteiger partial charge in [0.25, 0.3) is 5.91 Å². The predicted molar refractivity (Wildman–Crippen MR) is 102 cm³/mol. The number of fused-ring (bicyclic) bond motifs is 1. The van der Waals surface area contributed by atoms with Crippen molar-refractivity contribution in [2.24, 2.45) is 5.73 Å². The van der Waals surface area contributed by atoms with Gasteiger partial charge in [0, 0.05) is 23.8 Å². The van der Waals surface area contributed by atoms with Crippen LogP contribution < -0.4 is 10.5 Å². The van der Waals surface area contributed by atoms with E-state index in [0.717, 1.165) is 22.2 Å². The lowest BCUT2D eigenvalue weighted by molar-refractivity contribution is -0.119. The van der Waals surface area contributed by atoms with Gasteiger partial charge in [-0.15, -0.1) is 0 Å². The molecular formula is C19H19N3O3S. The molecule has 0 aliphatic carbocycles. The highest BCUT2D eigenvalue weighted by Gasteiger charge is 2.14. The summed E-state index contributed by atoms with van der Waals surface area (Å²) in [6.07, 6.45) is 2.15. The van der Waals surface area contributed by atoms with Crippen LogP contribution in [0.2, 0.25) is 0 Å². The Balaban J connectivity index is 1.94. The molecule has 1 atom stereocenters. The quantitative estimate of drug-likeness (QED) is 0.696. The maximum Gasteiger partial charge on any atom is 0.265 e. The Hall–Kier alpha value is -2.93. The van der Waals surface area contributed by atoms with Gasteiger partial charge in [0.2, 0.25) is 5.91 Å². The first kappa shape index (κ1) is 17.9. The van der Waals surface area contributed by atoms with Gasteiger partial charge >= 0.3 is 0 Å². The number of aromatic nitrogens is 1. The Labute approximate surface area is 153 Å². The van der Waals surface area contributed by atoms with Crippen molar-refractivity contribution in [1.29, 1.82) is 0 Å². The van der Waals surface area contributed by atoms with Gasteiger partial charge in [-0.3, -0.25) is 14.3 Å². The van der Waals surface area contributed by atoms with Gasteiger partial charge in [-0.05, 0) is 36.2 Å². The highest BCUT2D eigenvalue weighted by atomic mass is 32.2. The van der Waals surface area contributed by atoms with E-state index < -0.39 is 16.9 Å². The maximum absolute atomic E-state index is 11.9. The number of amides is 2. The Bertz CT molecular complexity index is 1010. The predicted octanol–water partition coefficient (Wildman–Crippen LogP) is 2.07. The van der Waals surface area contributed by atoms with Crippen molar-refractivity contribution >= 4 is 33.7 Å². The summed E-state index contributed by atoms with van der Waals surface area (Å²) >= 11 is 0. The highest BCUT2D eigenvalue weighted by molar-refractivity contribution is 7.82. The molecule has 0 saturated carbocycles. The molecule has 1 aromatic heterocycles. The van der Waals surface area contributed by atoms with Crippen molar-refractivity contribution in [2.45, 2.75) is 12.8 Å². The largest absolute Gasteiger partial charge is 0.364 e. The Morgan fingerprint density at radius 1 is 1.12 bits per heavy atom. The topological polar surface area (TPSA) is 94.2 Å². The van der Waals surface area contributed by atoms with Crippen LogP contribution >= 0.6 is 0 Å². The zero-order chi connectivity index (χ0) is 18.7. The lowest BCUT2D eigenvalue weighted by Crippen LogP contribution is -2.24. The monoisotopic (exact) mass is 369 g/mol. The summed E-state index contributed by atoms with van der Waals surface area (Å²) < 4.78 is 15.2. The molecule has 7 heteroatoms. The van der Waals surface area contributed by atoms with Crippen LogP contribution in [0, 0.1) is 0 Å². The van der Waals surface area contributed by atoms with Crippen molar-refractivity contribution in [3.05, 3.63) is 65.9 Å². The van der Waals surface area contributed by atoms with Crippen LogP contribution in [0.1, 0.15) is 22.5 Å². The summed E-state index contributed by atoms with van der Waals surface area (Å²) in [4.78, 5) is 23.6. The first-order valence-electron chi connectivity index (χ1n) is 8.08. The molecule has 0 fully saturated rings. The maximum atomic E-state index is 11.9. The third kappa shape index (κ3) is 3.83. The number of hydrogen-bond acceptors (Lipinski definition) is 3. The van der Waals surface area contributed by atoms with E-state index in [1.165, 1.54) is 6.26 Å². The van der Waals surface area contributed by atoms with Gasteiger partial charge in [-0.25, -0.2) is 4.21 Å². The molecule has 6 nitrogen and oxygen atoms in total. The summed E-state index contributed by atoms with van der Waals surface area (Å²) in [6, 6.07) is 17.0. The molecule has 0 radical (unpaired) electrons. The first-order valence-corrected chi connectivity index (χ1v) is 9.64. The number of benzene rings is 2. The van der Waals surface area contributed by atoms with Gasteiger partial charge in [-0.1, -0.05) is 30.3 Å². The van der Waals surface area contributed by atoms with E-state index in [0.29, 0.717) is 12.1 Å². The molecule has 0 spiro atoms. The Kier molecular flexibility index (Phi) is 5.18. The second-order valence-corrected chi connectivity index (χ2v) is 7.05. The standard InChI is InChI=1S/C19H19N3O3S/c1-26(25)21-18(23)10-9-13-5-4-7-15(11-13)22-16-8-3-2-6-14(16)12-17(22)19(20)24/h2-8,11-12H,9-10H2,1H3,(H2,20,24)(H,21,23). The number of rotatable bonds is 6. The fourth-order valence-electron chi connectivity index (χ4n) is 2.93. The molecule has 2 amide bonds. The molecule has 26 heavy (non-hydrogen) atoms. The number of carbonyl (C=O) groups excluding carboxylic acids is 2. The van der Waals surface area contributed by atoms with E-state index >= 15 is 0 Å². The van der Waals surface area contributed by atoms with Gasteiger partial charge in [-0.2, -0.15) is 0 Å². The fourth-order valence-corrected chi connectivity index (χ4v) is 3.36. The molecule has 0 aliphatic rings. The minimum absolute atomic E-state index is 0.234. The molecule has 3 rings (SSSR count). The number of primary amides is 1. The number of aryl methyl sites for hydroxylation is 1. The van der Waals surface area contributed by atoms with Crippen LogP contribution in [-0.4, -0.2) is 26.8 Å². The minimum Gasteiger partial charge on any atom is -0.364 e. The van der Waals surface area contributed by atoms with Crippen molar-refractivity contribution < 1.29 is 13.8 Å². The summed E-state index contributed by atoms with van der Waals surface area (Å²) in [5, 5.41) is 0.927. The summed E-state index contributed by atoms with van der Waals surface area (Å²) in [5.41, 5.74) is 8.59. The number of nitrogens with one attached hydrogen (secondary N) is 1. The third-order valence-corrected chi connectivity index (χ3v) is 4.55. The Morgan fingerprint density at radius 2 is 1.88 bits per heavy atom. The molecule has 3 N–H and O–H groups in total. The molecule has 0 bridgehead atoms. The highest BCUT2D eigenvalue weighted by Crippen LogP contribution is 2.25. The number of nitrogens with zero attached hydrogens (tertiary/aromatic N) is 1. The average Bonchev–Trinajstić information content (AvgIpc) is 2.99. The number of nitrogens with two attached hydrogens (primary N) is 1. The smallest absolute Gasteiger partial charge is 0.265 e. The molecular weight excluding hydrogens is 350 g/mol. The molecule has 1 heterocycles. The SMILES string of the molecule is CS(=O)NC(=O)CCc1cccc(-n2c(C(N)=O)cc3ccccc32)c1. The zero-order valence-electron chi connectivity index (χ0n) is 14.3. The lowest BCUT2D eigenvalue weighted by atomic mass is 10.1. The normalized spacial score (nSPS) is 12.0. The van der Waals surface area contributed by atoms with Crippen molar-refractivity contribution in [2.75, 3.05) is 6.26 Å². The summed E-state index contributed by atoms with van der Waals surface area (Å²) in [5.74, 6) is -0.767. The van der Waals surface area contributed by atoms with E-state index in [1.807, 2.05) is 53.1 Å². The molecule has 0 saturated heterocycles. The van der Waals surface area contributed by atoms with Crippen LogP contribution in [0.25, 0.3) is 16.6 Å². The summed E-state index contributed by atoms with van der Waals surface area (Å²) in [6.45, 7) is 0. The number of carbonyl (C=O) groups is 2. The van der Waals surface area contributed by atoms with Crippen LogP contribution in [0.5, 0.6) is 0 Å². The second-order valence-electron chi connectivity index (χ2n) is 5.94. The zero-order valence-corrected chi connectivity index (χ0v) is 15.1. The van der Waals surface area contributed by atoms with Crippen LogP contribution in [0.3, 0.4) is 0 Å². The van der Waals surface area contributed by atoms with Gasteiger partial charge in [0.15, 0.2) is 0 Å². The first-order chi connectivity index (χ1) is 12.5. The van der Waals surface area contributed by atoms with E-state index in [9.17, 15) is 13.8 Å². The molecule has 3 aromatic rings. The minimum atomic E-state index is -1.36. The van der Waals surface area contributed by atoms with Crippen molar-refractivity contribution in [3.63, 3.8) is 0 Å². The van der Waals surface area contributed by atoms with E-state index in [1.54, 1.807) is 6.07 Å². The van der Waals surface area contributed by atoms with Gasteiger partial charge < -0.3 is 10.3 Å². The second kappa shape index (κ2) is 7.53. The fraction of sp³-hybridized carbons (Fsp3) is 0.158. The molecule has 0 aliphatic heterocycles. The van der Waals surface area contributed by atoms with Crippen molar-refractivity contribution in [1.82, 2.24) is 9.29 Å². The van der Waals surface area contributed by atoms with Gasteiger partial charge in [0.05, 0.1) is 5.52 Å². The van der Waals surface area contributed by atoms with Crippen LogP contribution in [0.15, 0.2) is 54.6 Å². The van der Waals surface area contributed by atoms with E-state index in [-0.39, 0.29) is 12.3 Å². The number of para-hydroxylation sites is 1. The molecule has 2 aromatic carbocycles. The number of hydrogen-bond donors (Lipinski definition) is 2. The van der Waals surface area contributed by atoms with Crippen molar-refractivity contribution in [3.8, 4) is 5.69 Å². The Morgan fingerprint density at radius 3 is 2.62 bits per heavy atom. The van der Waals surface area contributed by atoms with E-state index in [4.69, 9.17) is 5.73 Å². The average molecular weight is 369 g/mol. The summed E-state index contributed by atoms with van der Waals surface area (Å²) in [7, 11) is -1.36. The van der Waals surface area contributed by atoms with E-state index in [2.05, 4.69) is 4.72 Å². The van der Waals surface area contributed by atoms with Crippen LogP contribution in [0.4, 0.5) is 0 Å². The third-order valence-electron chi connectivity index (χ3n) is 4.03. The molecule has 1 unspecified atom stereocenters. The van der Waals surface area contributed by atoms with Gasteiger partial charge in [0.1, 0.15) is 16.7 Å². The lowest BCUT2D eigenvalue weighted by Gasteiger charge is -2.11. The van der Waals surface area contributed by atoms with Crippen LogP contribution in [-0.2, 0) is 22.2 Å².